The quantitative estimate of drug-likeness (QED) is 0.619. The number of nitrogens with zero attached hydrogens (tertiary/aromatic N) is 4. The number of hydrogen-bond donors (Lipinski definition) is 3. The summed E-state index contributed by atoms with van der Waals surface area (Å²) in [5.41, 5.74) is 6.76. The fraction of sp³-hybridized carbons (Fsp3) is 0.333. The minimum absolute atomic E-state index is 0.0735. The molecule has 28 heavy (non-hydrogen) atoms. The van der Waals surface area contributed by atoms with Gasteiger partial charge in [0.2, 0.25) is 0 Å². The Balaban J connectivity index is 1.58. The Hall–Kier alpha value is -2.94. The van der Waals surface area contributed by atoms with Gasteiger partial charge in [0.25, 0.3) is 0 Å². The largest absolute Gasteiger partial charge is 0.365 e. The van der Waals surface area contributed by atoms with E-state index in [-0.39, 0.29) is 11.9 Å². The summed E-state index contributed by atoms with van der Waals surface area (Å²) in [6, 6.07) is 1.20. The first-order chi connectivity index (χ1) is 13.5. The number of hydrogen-bond acceptors (Lipinski definition) is 5. The van der Waals surface area contributed by atoms with Crippen molar-refractivity contribution >= 4 is 34.5 Å². The van der Waals surface area contributed by atoms with Crippen molar-refractivity contribution in [2.75, 3.05) is 18.4 Å². The van der Waals surface area contributed by atoms with Gasteiger partial charge in [-0.05, 0) is 25.3 Å². The van der Waals surface area contributed by atoms with Crippen molar-refractivity contribution in [3.63, 3.8) is 0 Å². The third-order valence-electron chi connectivity index (χ3n) is 4.90. The molecule has 2 amide bonds. The molecule has 0 radical (unpaired) electrons. The number of aromatic amines is 1. The molecule has 0 unspecified atom stereocenters. The Morgan fingerprint density at radius 2 is 2.25 bits per heavy atom. The van der Waals surface area contributed by atoms with E-state index in [1.165, 1.54) is 6.20 Å². The van der Waals surface area contributed by atoms with Crippen LogP contribution >= 0.6 is 11.6 Å². The van der Waals surface area contributed by atoms with E-state index in [1.807, 2.05) is 0 Å². The lowest BCUT2D eigenvalue weighted by molar-refractivity contribution is 0.164. The van der Waals surface area contributed by atoms with Gasteiger partial charge < -0.3 is 20.9 Å². The van der Waals surface area contributed by atoms with Gasteiger partial charge in [0.15, 0.2) is 17.5 Å². The first-order valence-corrected chi connectivity index (χ1v) is 9.36. The monoisotopic (exact) mass is 403 g/mol. The topological polar surface area (TPSA) is 113 Å². The highest BCUT2D eigenvalue weighted by molar-refractivity contribution is 6.31. The molecular formula is C18H19ClFN7O. The molecule has 146 valence electrons. The molecule has 4 heterocycles. The predicted molar refractivity (Wildman–Crippen MR) is 105 cm³/mol. The summed E-state index contributed by atoms with van der Waals surface area (Å²) in [4.78, 5) is 28.9. The second kappa shape index (κ2) is 7.59. The summed E-state index contributed by atoms with van der Waals surface area (Å²) in [6.45, 7) is 0.972. The fourth-order valence-corrected chi connectivity index (χ4v) is 3.66. The fourth-order valence-electron chi connectivity index (χ4n) is 3.50. The van der Waals surface area contributed by atoms with Gasteiger partial charge in [-0.15, -0.1) is 0 Å². The zero-order valence-electron chi connectivity index (χ0n) is 15.0. The average molecular weight is 404 g/mol. The van der Waals surface area contributed by atoms with Gasteiger partial charge in [0.1, 0.15) is 5.65 Å². The van der Waals surface area contributed by atoms with Crippen molar-refractivity contribution in [2.24, 2.45) is 5.73 Å². The lowest BCUT2D eigenvalue weighted by atomic mass is 10.0. The maximum atomic E-state index is 14.3. The molecule has 1 aliphatic rings. The van der Waals surface area contributed by atoms with Gasteiger partial charge in [0, 0.05) is 36.4 Å². The number of piperidine rings is 1. The Morgan fingerprint density at radius 1 is 1.39 bits per heavy atom. The number of rotatable bonds is 4. The van der Waals surface area contributed by atoms with Gasteiger partial charge >= 0.3 is 6.03 Å². The van der Waals surface area contributed by atoms with E-state index in [4.69, 9.17) is 17.3 Å². The van der Waals surface area contributed by atoms with Gasteiger partial charge in [0.05, 0.1) is 17.3 Å². The highest BCUT2D eigenvalue weighted by atomic mass is 35.5. The number of urea groups is 1. The molecule has 10 heteroatoms. The van der Waals surface area contributed by atoms with E-state index in [1.54, 1.807) is 17.2 Å². The van der Waals surface area contributed by atoms with Crippen LogP contribution in [-0.4, -0.2) is 50.0 Å². The molecule has 8 nitrogen and oxygen atoms in total. The maximum absolute atomic E-state index is 14.3. The van der Waals surface area contributed by atoms with Crippen LogP contribution in [0, 0.1) is 5.82 Å². The number of carbonyl (C=O) groups excluding carboxylic acids is 1. The van der Waals surface area contributed by atoms with Crippen molar-refractivity contribution in [2.45, 2.75) is 25.3 Å². The van der Waals surface area contributed by atoms with Gasteiger partial charge in [-0.1, -0.05) is 11.6 Å². The van der Waals surface area contributed by atoms with E-state index in [0.29, 0.717) is 35.1 Å². The van der Waals surface area contributed by atoms with Crippen LogP contribution in [0.25, 0.3) is 22.4 Å². The van der Waals surface area contributed by atoms with Gasteiger partial charge in [-0.3, -0.25) is 0 Å². The number of amides is 2. The number of halogens is 2. The second-order valence-corrected chi connectivity index (χ2v) is 7.14. The molecular weight excluding hydrogens is 385 g/mol. The molecule has 1 fully saturated rings. The second-order valence-electron chi connectivity index (χ2n) is 6.70. The van der Waals surface area contributed by atoms with Crippen LogP contribution in [0.4, 0.5) is 15.0 Å². The minimum atomic E-state index is -0.568. The van der Waals surface area contributed by atoms with E-state index in [2.05, 4.69) is 25.3 Å². The molecule has 3 aromatic heterocycles. The summed E-state index contributed by atoms with van der Waals surface area (Å²) in [5.74, 6) is -0.153. The van der Waals surface area contributed by atoms with Crippen LogP contribution in [-0.2, 0) is 0 Å². The number of H-pyrrole nitrogens is 1. The third-order valence-corrected chi connectivity index (χ3v) is 5.10. The minimum Gasteiger partial charge on any atom is -0.365 e. The average Bonchev–Trinajstić information content (AvgIpc) is 3.10. The van der Waals surface area contributed by atoms with Crippen molar-refractivity contribution in [3.05, 3.63) is 35.5 Å². The molecule has 0 spiro atoms. The number of likely N-dealkylation sites (tertiary alicyclic amines) is 1. The number of pyridine rings is 1. The van der Waals surface area contributed by atoms with Gasteiger partial charge in [-0.25, -0.2) is 24.1 Å². The molecule has 0 saturated carbocycles. The zero-order chi connectivity index (χ0) is 19.7. The predicted octanol–water partition coefficient (Wildman–Crippen LogP) is 3.16. The number of nitrogens with one attached hydrogen (secondary N) is 2. The van der Waals surface area contributed by atoms with Crippen LogP contribution in [0.2, 0.25) is 5.02 Å². The first kappa shape index (κ1) is 18.4. The van der Waals surface area contributed by atoms with E-state index >= 15 is 0 Å². The van der Waals surface area contributed by atoms with E-state index < -0.39 is 11.8 Å². The lowest BCUT2D eigenvalue weighted by Crippen LogP contribution is -2.49. The number of primary amides is 1. The van der Waals surface area contributed by atoms with E-state index in [9.17, 15) is 9.18 Å². The number of fused-ring (bicyclic) bond motifs is 1. The first-order valence-electron chi connectivity index (χ1n) is 8.98. The summed E-state index contributed by atoms with van der Waals surface area (Å²) < 4.78 is 14.3. The molecule has 4 rings (SSSR count). The summed E-state index contributed by atoms with van der Waals surface area (Å²) in [7, 11) is 0. The molecule has 0 bridgehead atoms. The molecule has 3 aromatic rings. The molecule has 1 aliphatic heterocycles. The standard InChI is InChI=1S/C18H19ClFN7O/c19-10-5-12-13(8-24-15(12)22-6-10)16-25-9-14(20)17(26-16)23-7-11-3-1-2-4-27(11)18(21)28/h5-6,8-9,11H,1-4,7H2,(H2,21,28)(H,22,24)(H,23,25,26)/t11-/m1/s1. The summed E-state index contributed by atoms with van der Waals surface area (Å²) >= 11 is 6.03. The van der Waals surface area contributed by atoms with Crippen molar-refractivity contribution in [1.82, 2.24) is 24.8 Å². The number of aromatic nitrogens is 4. The molecule has 4 N–H and O–H groups in total. The van der Waals surface area contributed by atoms with Crippen molar-refractivity contribution in [1.29, 1.82) is 0 Å². The Bertz CT molecular complexity index is 1020. The maximum Gasteiger partial charge on any atom is 0.315 e. The number of carbonyl (C=O) groups is 1. The van der Waals surface area contributed by atoms with Crippen LogP contribution < -0.4 is 11.1 Å². The summed E-state index contributed by atoms with van der Waals surface area (Å²) in [5, 5.41) is 4.23. The number of nitrogens with two attached hydrogens (primary N) is 1. The number of anilines is 1. The molecule has 0 aromatic carbocycles. The van der Waals surface area contributed by atoms with Crippen molar-refractivity contribution in [3.8, 4) is 11.4 Å². The lowest BCUT2D eigenvalue weighted by Gasteiger charge is -2.34. The Labute approximate surface area is 165 Å². The van der Waals surface area contributed by atoms with Crippen LogP contribution in [0.3, 0.4) is 0 Å². The van der Waals surface area contributed by atoms with Crippen LogP contribution in [0.5, 0.6) is 0 Å². The molecule has 1 saturated heterocycles. The molecule has 0 aliphatic carbocycles. The van der Waals surface area contributed by atoms with Crippen LogP contribution in [0.15, 0.2) is 24.7 Å². The summed E-state index contributed by atoms with van der Waals surface area (Å²) in [6.07, 6.45) is 7.09. The van der Waals surface area contributed by atoms with E-state index in [0.717, 1.165) is 30.8 Å². The van der Waals surface area contributed by atoms with Crippen molar-refractivity contribution < 1.29 is 9.18 Å². The zero-order valence-corrected chi connectivity index (χ0v) is 15.7. The smallest absolute Gasteiger partial charge is 0.315 e. The van der Waals surface area contributed by atoms with Crippen LogP contribution in [0.1, 0.15) is 19.3 Å². The Morgan fingerprint density at radius 3 is 3.07 bits per heavy atom. The SMILES string of the molecule is NC(=O)N1CCCC[C@@H]1CNc1nc(-c2c[nH]c3ncc(Cl)cc23)ncc1F. The van der Waals surface area contributed by atoms with Gasteiger partial charge in [-0.2, -0.15) is 0 Å². The Kier molecular flexibility index (Phi) is 4.99. The normalized spacial score (nSPS) is 17.1. The molecule has 1 atom stereocenters. The highest BCUT2D eigenvalue weighted by Gasteiger charge is 2.25. The highest BCUT2D eigenvalue weighted by Crippen LogP contribution is 2.28. The third kappa shape index (κ3) is 3.57.